The summed E-state index contributed by atoms with van der Waals surface area (Å²) in [5.74, 6) is 0.760. The lowest BCUT2D eigenvalue weighted by Crippen LogP contribution is -2.56. The standard InChI is InChI=1S/C27H38N4O2/c1-6-17(7-2)15-28-30-23-13-20-18(8-3)16-31(4)24(25(20)27(32)33-5)14-21-19-11-9-10-12-22(19)29-26(21)23/h9-12,15,17-18,20,24-25,29H,6-8,13-14,16H2,1-5H3/b28-15-,30-23+/t18-,20-,24+,25-/m1/s1. The molecule has 178 valence electrons. The van der Waals surface area contributed by atoms with Crippen molar-refractivity contribution in [2.45, 2.75) is 58.9 Å². The van der Waals surface area contributed by atoms with Gasteiger partial charge in [-0.15, -0.1) is 0 Å². The van der Waals surface area contributed by atoms with Crippen molar-refractivity contribution < 1.29 is 9.53 Å². The molecule has 0 unspecified atom stereocenters. The minimum atomic E-state index is -0.172. The molecule has 33 heavy (non-hydrogen) atoms. The fourth-order valence-corrected chi connectivity index (χ4v) is 5.95. The van der Waals surface area contributed by atoms with Gasteiger partial charge in [-0.2, -0.15) is 10.2 Å². The lowest BCUT2D eigenvalue weighted by Gasteiger charge is -2.48. The number of nitrogens with one attached hydrogen (secondary N) is 1. The molecule has 1 saturated heterocycles. The second kappa shape index (κ2) is 10.2. The topological polar surface area (TPSA) is 70.0 Å². The molecule has 0 radical (unpaired) electrons. The molecule has 1 aromatic carbocycles. The molecule has 0 saturated carbocycles. The fourth-order valence-electron chi connectivity index (χ4n) is 5.95. The predicted octanol–water partition coefficient (Wildman–Crippen LogP) is 5.07. The van der Waals surface area contributed by atoms with Crippen molar-refractivity contribution in [3.63, 3.8) is 0 Å². The minimum Gasteiger partial charge on any atom is -0.469 e. The molecular formula is C27H38N4O2. The third-order valence-electron chi connectivity index (χ3n) is 8.02. The van der Waals surface area contributed by atoms with E-state index in [1.165, 1.54) is 18.1 Å². The average Bonchev–Trinajstić information content (AvgIpc) is 3.19. The highest BCUT2D eigenvalue weighted by Crippen LogP contribution is 2.42. The first-order valence-corrected chi connectivity index (χ1v) is 12.5. The highest BCUT2D eigenvalue weighted by atomic mass is 16.5. The van der Waals surface area contributed by atoms with Crippen molar-refractivity contribution in [2.24, 2.45) is 33.9 Å². The van der Waals surface area contributed by atoms with Gasteiger partial charge in [-0.1, -0.05) is 45.4 Å². The molecule has 0 spiro atoms. The van der Waals surface area contributed by atoms with Gasteiger partial charge in [-0.05, 0) is 62.1 Å². The Morgan fingerprint density at radius 1 is 1.24 bits per heavy atom. The van der Waals surface area contributed by atoms with E-state index in [2.05, 4.69) is 67.1 Å². The molecule has 1 fully saturated rings. The first-order valence-electron chi connectivity index (χ1n) is 12.5. The summed E-state index contributed by atoms with van der Waals surface area (Å²) in [6, 6.07) is 8.53. The Bertz CT molecular complexity index is 1040. The summed E-state index contributed by atoms with van der Waals surface area (Å²) >= 11 is 0. The van der Waals surface area contributed by atoms with E-state index >= 15 is 0 Å². The number of benzene rings is 1. The maximum atomic E-state index is 13.1. The van der Waals surface area contributed by atoms with Crippen LogP contribution in [0, 0.1) is 23.7 Å². The molecular weight excluding hydrogens is 412 g/mol. The Kier molecular flexibility index (Phi) is 7.32. The Labute approximate surface area is 197 Å². The molecule has 1 aliphatic carbocycles. The number of carbonyl (C=O) groups is 1. The van der Waals surface area contributed by atoms with Crippen molar-refractivity contribution in [3.05, 3.63) is 35.5 Å². The van der Waals surface area contributed by atoms with Crippen LogP contribution in [0.1, 0.15) is 57.7 Å². The number of hydrogen-bond acceptors (Lipinski definition) is 5. The van der Waals surface area contributed by atoms with E-state index < -0.39 is 0 Å². The van der Waals surface area contributed by atoms with Crippen LogP contribution in [0.25, 0.3) is 10.9 Å². The molecule has 4 atom stereocenters. The summed E-state index contributed by atoms with van der Waals surface area (Å²) in [5, 5.41) is 10.6. The average molecular weight is 451 g/mol. The van der Waals surface area contributed by atoms with Crippen molar-refractivity contribution in [3.8, 4) is 0 Å². The molecule has 1 N–H and O–H groups in total. The summed E-state index contributed by atoms with van der Waals surface area (Å²) in [6.45, 7) is 7.58. The number of nitrogens with zero attached hydrogens (tertiary/aromatic N) is 3. The number of likely N-dealkylation sites (tertiary alicyclic amines) is 1. The number of ether oxygens (including phenoxy) is 1. The third-order valence-corrected chi connectivity index (χ3v) is 8.02. The third kappa shape index (κ3) is 4.50. The molecule has 6 heteroatoms. The van der Waals surface area contributed by atoms with Crippen molar-refractivity contribution >= 4 is 28.8 Å². The number of piperidine rings is 1. The molecule has 2 bridgehead atoms. The summed E-state index contributed by atoms with van der Waals surface area (Å²) < 4.78 is 5.35. The first-order chi connectivity index (χ1) is 16.0. The van der Waals surface area contributed by atoms with Crippen LogP contribution in [0.3, 0.4) is 0 Å². The zero-order chi connectivity index (χ0) is 23.5. The van der Waals surface area contributed by atoms with Crippen LogP contribution >= 0.6 is 0 Å². The van der Waals surface area contributed by atoms with Crippen LogP contribution in [-0.2, 0) is 16.0 Å². The van der Waals surface area contributed by atoms with E-state index in [0.717, 1.165) is 55.6 Å². The number of aromatic amines is 1. The Balaban J connectivity index is 1.87. The van der Waals surface area contributed by atoms with Gasteiger partial charge in [0.2, 0.25) is 0 Å². The molecule has 2 aliphatic rings. The van der Waals surface area contributed by atoms with Gasteiger partial charge in [0.1, 0.15) is 0 Å². The monoisotopic (exact) mass is 450 g/mol. The predicted molar refractivity (Wildman–Crippen MR) is 135 cm³/mol. The van der Waals surface area contributed by atoms with Gasteiger partial charge < -0.3 is 14.6 Å². The van der Waals surface area contributed by atoms with Crippen LogP contribution in [0.15, 0.2) is 34.5 Å². The van der Waals surface area contributed by atoms with Crippen LogP contribution in [0.2, 0.25) is 0 Å². The molecule has 2 aromatic rings. The van der Waals surface area contributed by atoms with Crippen molar-refractivity contribution in [1.29, 1.82) is 0 Å². The number of carbonyl (C=O) groups excluding carboxylic acids is 1. The van der Waals surface area contributed by atoms with E-state index in [-0.39, 0.29) is 23.8 Å². The molecule has 2 heterocycles. The van der Waals surface area contributed by atoms with Gasteiger partial charge in [0.05, 0.1) is 24.4 Å². The van der Waals surface area contributed by atoms with Gasteiger partial charge in [0, 0.05) is 29.7 Å². The number of likely N-dealkylation sites (N-methyl/N-ethyl adjacent to an activating group) is 1. The van der Waals surface area contributed by atoms with E-state index in [1.807, 2.05) is 6.21 Å². The van der Waals surface area contributed by atoms with Gasteiger partial charge in [-0.3, -0.25) is 4.79 Å². The number of fused-ring (bicyclic) bond motifs is 5. The zero-order valence-corrected chi connectivity index (χ0v) is 20.7. The molecule has 4 rings (SSSR count). The first kappa shape index (κ1) is 23.7. The van der Waals surface area contributed by atoms with Gasteiger partial charge >= 0.3 is 5.97 Å². The number of methoxy groups -OCH3 is 1. The number of esters is 1. The highest BCUT2D eigenvalue weighted by molar-refractivity contribution is 6.06. The number of H-pyrrole nitrogens is 1. The van der Waals surface area contributed by atoms with Crippen LogP contribution in [-0.4, -0.2) is 54.5 Å². The quantitative estimate of drug-likeness (QED) is 0.379. The van der Waals surface area contributed by atoms with Gasteiger partial charge in [-0.25, -0.2) is 0 Å². The van der Waals surface area contributed by atoms with E-state index in [9.17, 15) is 4.79 Å². The summed E-state index contributed by atoms with van der Waals surface area (Å²) in [5.41, 5.74) is 4.39. The fraction of sp³-hybridized carbons (Fsp3) is 0.593. The SMILES string of the molecule is CCC(/C=N\N=C1/C[C@@H]2[C@H](CC)CN(C)[C@@H](Cc3c1[nH]c1ccccc31)[C@@H]2C(=O)OC)CC. The van der Waals surface area contributed by atoms with Crippen LogP contribution in [0.4, 0.5) is 0 Å². The maximum absolute atomic E-state index is 13.1. The maximum Gasteiger partial charge on any atom is 0.310 e. The summed E-state index contributed by atoms with van der Waals surface area (Å²) in [4.78, 5) is 19.2. The van der Waals surface area contributed by atoms with E-state index in [1.54, 1.807) is 0 Å². The number of hydrogen-bond donors (Lipinski definition) is 1. The van der Waals surface area contributed by atoms with E-state index in [0.29, 0.717) is 11.8 Å². The summed E-state index contributed by atoms with van der Waals surface area (Å²) in [7, 11) is 3.67. The van der Waals surface area contributed by atoms with Gasteiger partial charge in [0.25, 0.3) is 0 Å². The lowest BCUT2D eigenvalue weighted by atomic mass is 9.67. The molecule has 1 aromatic heterocycles. The molecule has 6 nitrogen and oxygen atoms in total. The van der Waals surface area contributed by atoms with Crippen LogP contribution < -0.4 is 0 Å². The highest BCUT2D eigenvalue weighted by Gasteiger charge is 2.48. The number of aromatic nitrogens is 1. The zero-order valence-electron chi connectivity index (χ0n) is 20.7. The molecule has 1 aliphatic heterocycles. The second-order valence-corrected chi connectivity index (χ2v) is 9.71. The smallest absolute Gasteiger partial charge is 0.310 e. The lowest BCUT2D eigenvalue weighted by molar-refractivity contribution is -0.154. The largest absolute Gasteiger partial charge is 0.469 e. The number of para-hydroxylation sites is 1. The Hall–Kier alpha value is -2.47. The van der Waals surface area contributed by atoms with Crippen molar-refractivity contribution in [1.82, 2.24) is 9.88 Å². The minimum absolute atomic E-state index is 0.0989. The summed E-state index contributed by atoms with van der Waals surface area (Å²) in [6.07, 6.45) is 6.64. The number of rotatable bonds is 6. The normalized spacial score (nSPS) is 27.2. The Morgan fingerprint density at radius 2 is 2.00 bits per heavy atom. The van der Waals surface area contributed by atoms with Gasteiger partial charge in [0.15, 0.2) is 0 Å². The molecule has 0 amide bonds. The van der Waals surface area contributed by atoms with Crippen molar-refractivity contribution in [2.75, 3.05) is 20.7 Å². The van der Waals surface area contributed by atoms with Crippen LogP contribution in [0.5, 0.6) is 0 Å². The van der Waals surface area contributed by atoms with E-state index in [4.69, 9.17) is 9.84 Å². The second-order valence-electron chi connectivity index (χ2n) is 9.71. The Morgan fingerprint density at radius 3 is 2.70 bits per heavy atom.